The predicted molar refractivity (Wildman–Crippen MR) is 186 cm³/mol. The van der Waals surface area contributed by atoms with Crippen LogP contribution in [0.3, 0.4) is 0 Å². The Labute approximate surface area is 281 Å². The highest BCUT2D eigenvalue weighted by Crippen LogP contribution is 2.34. The number of likely N-dealkylation sites (N-methyl/N-ethyl adjacent to an activating group) is 1. The molecule has 5 rings (SSSR count). The lowest BCUT2D eigenvalue weighted by molar-refractivity contribution is -0.148. The molecule has 2 unspecified atom stereocenters. The van der Waals surface area contributed by atoms with Crippen LogP contribution in [0.4, 0.5) is 0 Å². The molecule has 47 heavy (non-hydrogen) atoms. The third-order valence-electron chi connectivity index (χ3n) is 9.48. The van der Waals surface area contributed by atoms with Crippen LogP contribution in [0.5, 0.6) is 0 Å². The summed E-state index contributed by atoms with van der Waals surface area (Å²) in [6.07, 6.45) is 0.119. The number of aliphatic hydroxyl groups excluding tert-OH is 1. The largest absolute Gasteiger partial charge is 0.387 e. The normalized spacial score (nSPS) is 19.0. The molecular formula is C38H43ClN4O4. The van der Waals surface area contributed by atoms with Crippen LogP contribution in [-0.2, 0) is 20.8 Å². The Morgan fingerprint density at radius 3 is 2.40 bits per heavy atom. The fourth-order valence-electron chi connectivity index (χ4n) is 6.60. The monoisotopic (exact) mass is 654 g/mol. The Hall–Kier alpha value is -4.24. The van der Waals surface area contributed by atoms with E-state index >= 15 is 0 Å². The second-order valence-electron chi connectivity index (χ2n) is 12.5. The number of nitrogens with zero attached hydrogens (tertiary/aromatic N) is 3. The number of amides is 3. The smallest absolute Gasteiger partial charge is 0.250 e. The first-order chi connectivity index (χ1) is 22.6. The number of aliphatic hydroxyl groups is 1. The lowest BCUT2D eigenvalue weighted by Crippen LogP contribution is -2.52. The number of halogens is 1. The number of benzene rings is 4. The molecule has 1 aliphatic heterocycles. The second-order valence-corrected chi connectivity index (χ2v) is 13.0. The zero-order chi connectivity index (χ0) is 33.7. The molecule has 0 aliphatic carbocycles. The van der Waals surface area contributed by atoms with Gasteiger partial charge in [-0.3, -0.25) is 14.4 Å². The molecule has 8 nitrogen and oxygen atoms in total. The van der Waals surface area contributed by atoms with Crippen molar-refractivity contribution in [2.75, 3.05) is 20.1 Å². The lowest BCUT2D eigenvalue weighted by Gasteiger charge is -2.36. The molecule has 1 heterocycles. The SMILES string of the molecule is CC1CCN([C@H](Cc2cccc3ccccc23)C(N)=O)C(=O)C(c2cccc(Cl)c2)N1C(=O)CCN(C)[C@@H](C)[C@H](O)c1ccccc1. The van der Waals surface area contributed by atoms with Gasteiger partial charge in [-0.15, -0.1) is 0 Å². The van der Waals surface area contributed by atoms with E-state index < -0.39 is 24.1 Å². The molecule has 1 aliphatic rings. The lowest BCUT2D eigenvalue weighted by atomic mass is 9.96. The molecule has 0 radical (unpaired) electrons. The first-order valence-corrected chi connectivity index (χ1v) is 16.5. The number of fused-ring (bicyclic) bond motifs is 1. The van der Waals surface area contributed by atoms with Crippen molar-refractivity contribution in [3.63, 3.8) is 0 Å². The van der Waals surface area contributed by atoms with Crippen LogP contribution in [0, 0.1) is 0 Å². The maximum atomic E-state index is 14.6. The van der Waals surface area contributed by atoms with E-state index in [1.165, 1.54) is 0 Å². The Morgan fingerprint density at radius 2 is 1.68 bits per heavy atom. The van der Waals surface area contributed by atoms with Gasteiger partial charge < -0.3 is 25.5 Å². The van der Waals surface area contributed by atoms with Gasteiger partial charge in [-0.1, -0.05) is 96.5 Å². The first-order valence-electron chi connectivity index (χ1n) is 16.1. The zero-order valence-electron chi connectivity index (χ0n) is 27.1. The molecule has 0 aromatic heterocycles. The van der Waals surface area contributed by atoms with Crippen molar-refractivity contribution in [2.24, 2.45) is 5.73 Å². The number of primary amides is 1. The number of rotatable bonds is 11. The van der Waals surface area contributed by atoms with Crippen LogP contribution in [-0.4, -0.2) is 75.8 Å². The highest BCUT2D eigenvalue weighted by Gasteiger charge is 2.43. The quantitative estimate of drug-likeness (QED) is 0.221. The minimum absolute atomic E-state index is 0.131. The summed E-state index contributed by atoms with van der Waals surface area (Å²) in [5, 5.41) is 13.4. The van der Waals surface area contributed by atoms with Gasteiger partial charge in [0.1, 0.15) is 12.1 Å². The van der Waals surface area contributed by atoms with E-state index in [1.54, 1.807) is 34.1 Å². The molecule has 246 valence electrons. The van der Waals surface area contributed by atoms with E-state index in [0.29, 0.717) is 23.6 Å². The van der Waals surface area contributed by atoms with Crippen molar-refractivity contribution in [2.45, 2.75) is 63.4 Å². The van der Waals surface area contributed by atoms with Gasteiger partial charge in [-0.25, -0.2) is 0 Å². The number of carbonyl (C=O) groups excluding carboxylic acids is 3. The Bertz CT molecular complexity index is 1710. The predicted octanol–water partition coefficient (Wildman–Crippen LogP) is 5.52. The molecule has 0 spiro atoms. The van der Waals surface area contributed by atoms with Crippen LogP contribution in [0.1, 0.15) is 55.5 Å². The maximum Gasteiger partial charge on any atom is 0.250 e. The van der Waals surface area contributed by atoms with Gasteiger partial charge in [0.2, 0.25) is 11.8 Å². The van der Waals surface area contributed by atoms with Crippen LogP contribution in [0.15, 0.2) is 97.1 Å². The second kappa shape index (κ2) is 15.1. The summed E-state index contributed by atoms with van der Waals surface area (Å²) in [5.74, 6) is -1.16. The molecule has 3 N–H and O–H groups in total. The van der Waals surface area contributed by atoms with Crippen LogP contribution < -0.4 is 5.73 Å². The summed E-state index contributed by atoms with van der Waals surface area (Å²) in [6.45, 7) is 4.49. The Balaban J connectivity index is 1.42. The van der Waals surface area contributed by atoms with E-state index in [2.05, 4.69) is 0 Å². The Morgan fingerprint density at radius 1 is 1.00 bits per heavy atom. The number of nitrogens with two attached hydrogens (primary N) is 1. The fourth-order valence-corrected chi connectivity index (χ4v) is 6.80. The van der Waals surface area contributed by atoms with Gasteiger partial charge in [0, 0.05) is 43.0 Å². The van der Waals surface area contributed by atoms with Crippen LogP contribution in [0.25, 0.3) is 10.8 Å². The van der Waals surface area contributed by atoms with Crippen LogP contribution >= 0.6 is 11.6 Å². The highest BCUT2D eigenvalue weighted by molar-refractivity contribution is 6.30. The van der Waals surface area contributed by atoms with Crippen molar-refractivity contribution in [3.05, 3.63) is 119 Å². The third kappa shape index (κ3) is 7.67. The molecule has 4 aromatic carbocycles. The summed E-state index contributed by atoms with van der Waals surface area (Å²) in [7, 11) is 1.88. The summed E-state index contributed by atoms with van der Waals surface area (Å²) < 4.78 is 0. The summed E-state index contributed by atoms with van der Waals surface area (Å²) in [6, 6.07) is 27.8. The summed E-state index contributed by atoms with van der Waals surface area (Å²) >= 11 is 6.41. The van der Waals surface area contributed by atoms with Crippen molar-refractivity contribution in [1.29, 1.82) is 0 Å². The van der Waals surface area contributed by atoms with E-state index in [4.69, 9.17) is 17.3 Å². The van der Waals surface area contributed by atoms with Crippen molar-refractivity contribution < 1.29 is 19.5 Å². The molecular weight excluding hydrogens is 612 g/mol. The number of hydrogen-bond donors (Lipinski definition) is 2. The summed E-state index contributed by atoms with van der Waals surface area (Å²) in [5.41, 5.74) is 8.32. The average molecular weight is 655 g/mol. The van der Waals surface area contributed by atoms with Crippen LogP contribution in [0.2, 0.25) is 5.02 Å². The molecule has 1 fully saturated rings. The topological polar surface area (TPSA) is 107 Å². The van der Waals surface area contributed by atoms with Gasteiger partial charge in [-0.05, 0) is 66.9 Å². The van der Waals surface area contributed by atoms with Crippen molar-refractivity contribution >= 4 is 40.1 Å². The van der Waals surface area contributed by atoms with Crippen molar-refractivity contribution in [1.82, 2.24) is 14.7 Å². The molecule has 0 saturated carbocycles. The van der Waals surface area contributed by atoms with Crippen molar-refractivity contribution in [3.8, 4) is 0 Å². The fraction of sp³-hybridized carbons (Fsp3) is 0.342. The standard InChI is InChI=1S/C38H43ClN4O4/c1-25-19-22-42(33(37(40)46)24-29-15-9-14-27-11-7-8-18-32(27)29)38(47)35(30-16-10-17-31(39)23-30)43(25)34(44)20-21-41(3)26(2)36(45)28-12-5-4-6-13-28/h4-18,23,25-26,33,35-36,45H,19-22,24H2,1-3H3,(H2,40,46)/t25?,26-,33+,35?,36-/m0/s1. The van der Waals surface area contributed by atoms with E-state index in [1.807, 2.05) is 98.6 Å². The maximum absolute atomic E-state index is 14.6. The Kier molecular flexibility index (Phi) is 11.0. The molecule has 0 bridgehead atoms. The van der Waals surface area contributed by atoms with Gasteiger partial charge in [0.15, 0.2) is 0 Å². The van der Waals surface area contributed by atoms with E-state index in [-0.39, 0.29) is 43.3 Å². The molecule has 1 saturated heterocycles. The zero-order valence-corrected chi connectivity index (χ0v) is 27.9. The van der Waals surface area contributed by atoms with Gasteiger partial charge >= 0.3 is 0 Å². The van der Waals surface area contributed by atoms with Gasteiger partial charge in [0.25, 0.3) is 5.91 Å². The molecule has 4 aromatic rings. The average Bonchev–Trinajstić information content (AvgIpc) is 3.20. The minimum Gasteiger partial charge on any atom is -0.387 e. The van der Waals surface area contributed by atoms with E-state index in [0.717, 1.165) is 21.9 Å². The molecule has 9 heteroatoms. The summed E-state index contributed by atoms with van der Waals surface area (Å²) in [4.78, 5) is 47.0. The number of hydrogen-bond acceptors (Lipinski definition) is 5. The number of carbonyl (C=O) groups is 3. The highest BCUT2D eigenvalue weighted by atomic mass is 35.5. The molecule has 5 atom stereocenters. The molecule has 3 amide bonds. The van der Waals surface area contributed by atoms with E-state index in [9.17, 15) is 19.5 Å². The minimum atomic E-state index is -0.995. The van der Waals surface area contributed by atoms with Gasteiger partial charge in [-0.2, -0.15) is 0 Å². The first kappa shape index (κ1) is 34.1. The van der Waals surface area contributed by atoms with Gasteiger partial charge in [0.05, 0.1) is 6.10 Å². The third-order valence-corrected chi connectivity index (χ3v) is 9.71.